The van der Waals surface area contributed by atoms with Crippen molar-refractivity contribution in [1.29, 1.82) is 0 Å². The van der Waals surface area contributed by atoms with E-state index in [-0.39, 0.29) is 5.91 Å². The molecular formula is C25H29N3O2. The minimum atomic E-state index is 0.219. The molecule has 1 aliphatic heterocycles. The Morgan fingerprint density at radius 3 is 2.40 bits per heavy atom. The normalized spacial score (nSPS) is 13.6. The van der Waals surface area contributed by atoms with Crippen LogP contribution in [0.4, 0.5) is 0 Å². The average molecular weight is 404 g/mol. The molecule has 2 heterocycles. The zero-order valence-electron chi connectivity index (χ0n) is 18.0. The SMILES string of the molecule is Cc1cccc(Oc2c(CCC(=O)N3CCCC3)c(C)nn2-c2cccc(C)c2)c1. The Bertz CT molecular complexity index is 1050. The molecule has 1 aromatic heterocycles. The molecule has 0 bridgehead atoms. The molecule has 0 spiro atoms. The number of ether oxygens (including phenoxy) is 1. The molecule has 0 aliphatic carbocycles. The second-order valence-electron chi connectivity index (χ2n) is 8.13. The molecule has 4 rings (SSSR count). The van der Waals surface area contributed by atoms with E-state index < -0.39 is 0 Å². The summed E-state index contributed by atoms with van der Waals surface area (Å²) in [5.41, 5.74) is 5.14. The molecule has 5 heteroatoms. The van der Waals surface area contributed by atoms with Gasteiger partial charge < -0.3 is 9.64 Å². The summed E-state index contributed by atoms with van der Waals surface area (Å²) in [6.45, 7) is 7.87. The van der Waals surface area contributed by atoms with Crippen molar-refractivity contribution >= 4 is 5.91 Å². The van der Waals surface area contributed by atoms with Gasteiger partial charge in [-0.05, 0) is 75.4 Å². The first-order valence-electron chi connectivity index (χ1n) is 10.7. The van der Waals surface area contributed by atoms with Crippen LogP contribution in [0.15, 0.2) is 48.5 Å². The number of rotatable bonds is 6. The highest BCUT2D eigenvalue weighted by molar-refractivity contribution is 5.76. The Labute approximate surface area is 178 Å². The van der Waals surface area contributed by atoms with Gasteiger partial charge in [0.2, 0.25) is 11.8 Å². The lowest BCUT2D eigenvalue weighted by Crippen LogP contribution is -2.27. The standard InChI is InChI=1S/C25H29N3O2/c1-18-8-6-10-21(16-18)28-25(30-22-11-7-9-19(2)17-22)23(20(3)26-28)12-13-24(29)27-14-4-5-15-27/h6-11,16-17H,4-5,12-15H2,1-3H3. The molecule has 1 aliphatic rings. The van der Waals surface area contributed by atoms with Crippen molar-refractivity contribution in [2.24, 2.45) is 0 Å². The molecule has 1 amide bonds. The minimum absolute atomic E-state index is 0.219. The van der Waals surface area contributed by atoms with Crippen molar-refractivity contribution < 1.29 is 9.53 Å². The van der Waals surface area contributed by atoms with Gasteiger partial charge in [-0.2, -0.15) is 5.10 Å². The average Bonchev–Trinajstić information content (AvgIpc) is 3.35. The number of aromatic nitrogens is 2. The molecule has 0 saturated carbocycles. The fourth-order valence-corrected chi connectivity index (χ4v) is 4.01. The molecule has 30 heavy (non-hydrogen) atoms. The summed E-state index contributed by atoms with van der Waals surface area (Å²) in [7, 11) is 0. The molecule has 156 valence electrons. The molecule has 0 radical (unpaired) electrons. The van der Waals surface area contributed by atoms with Crippen LogP contribution < -0.4 is 4.74 Å². The first-order chi connectivity index (χ1) is 14.5. The van der Waals surface area contributed by atoms with Crippen LogP contribution in [0.25, 0.3) is 5.69 Å². The highest BCUT2D eigenvalue weighted by atomic mass is 16.5. The Morgan fingerprint density at radius 2 is 1.70 bits per heavy atom. The highest BCUT2D eigenvalue weighted by Crippen LogP contribution is 2.32. The lowest BCUT2D eigenvalue weighted by atomic mass is 10.1. The third-order valence-electron chi connectivity index (χ3n) is 5.64. The molecule has 3 aromatic rings. The van der Waals surface area contributed by atoms with Gasteiger partial charge in [-0.1, -0.05) is 24.3 Å². The molecule has 1 fully saturated rings. The van der Waals surface area contributed by atoms with E-state index in [4.69, 9.17) is 9.84 Å². The van der Waals surface area contributed by atoms with E-state index >= 15 is 0 Å². The first kappa shape index (κ1) is 20.2. The number of carbonyl (C=O) groups is 1. The van der Waals surface area contributed by atoms with Gasteiger partial charge in [0, 0.05) is 25.1 Å². The summed E-state index contributed by atoms with van der Waals surface area (Å²) in [5.74, 6) is 1.69. The molecule has 1 saturated heterocycles. The molecule has 5 nitrogen and oxygen atoms in total. The quantitative estimate of drug-likeness (QED) is 0.572. The lowest BCUT2D eigenvalue weighted by molar-refractivity contribution is -0.130. The number of amides is 1. The number of nitrogens with zero attached hydrogens (tertiary/aromatic N) is 3. The Hall–Kier alpha value is -3.08. The summed E-state index contributed by atoms with van der Waals surface area (Å²) in [5, 5.41) is 4.78. The van der Waals surface area contributed by atoms with Gasteiger partial charge in [0.05, 0.1) is 11.4 Å². The second kappa shape index (κ2) is 8.74. The van der Waals surface area contributed by atoms with Crippen molar-refractivity contribution in [3.8, 4) is 17.3 Å². The van der Waals surface area contributed by atoms with Crippen LogP contribution in [0.1, 0.15) is 41.6 Å². The molecule has 0 N–H and O–H groups in total. The highest BCUT2D eigenvalue weighted by Gasteiger charge is 2.22. The van der Waals surface area contributed by atoms with Gasteiger partial charge in [-0.25, -0.2) is 4.68 Å². The lowest BCUT2D eigenvalue weighted by Gasteiger charge is -2.15. The van der Waals surface area contributed by atoms with E-state index in [1.54, 1.807) is 0 Å². The van der Waals surface area contributed by atoms with Crippen molar-refractivity contribution in [3.05, 3.63) is 70.9 Å². The summed E-state index contributed by atoms with van der Waals surface area (Å²) < 4.78 is 8.23. The van der Waals surface area contributed by atoms with Crippen molar-refractivity contribution in [2.45, 2.75) is 46.5 Å². The van der Waals surface area contributed by atoms with Gasteiger partial charge in [0.15, 0.2) is 0 Å². The Balaban J connectivity index is 1.68. The molecule has 0 atom stereocenters. The van der Waals surface area contributed by atoms with E-state index in [2.05, 4.69) is 19.1 Å². The Morgan fingerprint density at radius 1 is 1.00 bits per heavy atom. The summed E-state index contributed by atoms with van der Waals surface area (Å²) in [6.07, 6.45) is 3.31. The smallest absolute Gasteiger partial charge is 0.226 e. The van der Waals surface area contributed by atoms with Gasteiger partial charge in [-0.3, -0.25) is 4.79 Å². The number of aryl methyl sites for hydroxylation is 3. The number of hydrogen-bond donors (Lipinski definition) is 0. The molecule has 2 aromatic carbocycles. The third-order valence-corrected chi connectivity index (χ3v) is 5.64. The predicted molar refractivity (Wildman–Crippen MR) is 118 cm³/mol. The van der Waals surface area contributed by atoms with E-state index in [1.165, 1.54) is 0 Å². The van der Waals surface area contributed by atoms with Crippen LogP contribution in [0.5, 0.6) is 11.6 Å². The first-order valence-corrected chi connectivity index (χ1v) is 10.7. The zero-order valence-corrected chi connectivity index (χ0v) is 18.0. The van der Waals surface area contributed by atoms with Crippen molar-refractivity contribution in [2.75, 3.05) is 13.1 Å². The van der Waals surface area contributed by atoms with Crippen LogP contribution in [0.2, 0.25) is 0 Å². The monoisotopic (exact) mass is 403 g/mol. The number of benzene rings is 2. The minimum Gasteiger partial charge on any atom is -0.439 e. The van der Waals surface area contributed by atoms with Crippen molar-refractivity contribution in [1.82, 2.24) is 14.7 Å². The van der Waals surface area contributed by atoms with Crippen molar-refractivity contribution in [3.63, 3.8) is 0 Å². The van der Waals surface area contributed by atoms with Gasteiger partial charge in [-0.15, -0.1) is 0 Å². The number of hydrogen-bond acceptors (Lipinski definition) is 3. The predicted octanol–water partition coefficient (Wildman–Crippen LogP) is 5.14. The number of likely N-dealkylation sites (tertiary alicyclic amines) is 1. The van der Waals surface area contributed by atoms with E-state index in [0.29, 0.717) is 18.7 Å². The van der Waals surface area contributed by atoms with Gasteiger partial charge in [0.1, 0.15) is 5.75 Å². The topological polar surface area (TPSA) is 47.4 Å². The summed E-state index contributed by atoms with van der Waals surface area (Å²) >= 11 is 0. The van der Waals surface area contributed by atoms with E-state index in [0.717, 1.165) is 59.8 Å². The summed E-state index contributed by atoms with van der Waals surface area (Å²) in [4.78, 5) is 14.6. The maximum absolute atomic E-state index is 12.6. The molecular weight excluding hydrogens is 374 g/mol. The Kier molecular flexibility index (Phi) is 5.88. The second-order valence-corrected chi connectivity index (χ2v) is 8.13. The van der Waals surface area contributed by atoms with Gasteiger partial charge in [0.25, 0.3) is 0 Å². The van der Waals surface area contributed by atoms with Crippen LogP contribution in [0, 0.1) is 20.8 Å². The largest absolute Gasteiger partial charge is 0.439 e. The summed E-state index contributed by atoms with van der Waals surface area (Å²) in [6, 6.07) is 16.2. The van der Waals surface area contributed by atoms with Crippen LogP contribution in [0.3, 0.4) is 0 Å². The van der Waals surface area contributed by atoms with Crippen LogP contribution in [-0.4, -0.2) is 33.7 Å². The fourth-order valence-electron chi connectivity index (χ4n) is 4.01. The van der Waals surface area contributed by atoms with Crippen LogP contribution >= 0.6 is 0 Å². The maximum Gasteiger partial charge on any atom is 0.226 e. The molecule has 0 unspecified atom stereocenters. The van der Waals surface area contributed by atoms with E-state index in [9.17, 15) is 4.79 Å². The third kappa shape index (κ3) is 4.40. The fraction of sp³-hybridized carbons (Fsp3) is 0.360. The maximum atomic E-state index is 12.6. The van der Waals surface area contributed by atoms with E-state index in [1.807, 2.05) is 59.8 Å². The number of carbonyl (C=O) groups excluding carboxylic acids is 1. The zero-order chi connectivity index (χ0) is 21.1. The van der Waals surface area contributed by atoms with Crippen LogP contribution in [-0.2, 0) is 11.2 Å². The van der Waals surface area contributed by atoms with Gasteiger partial charge >= 0.3 is 0 Å².